The highest BCUT2D eigenvalue weighted by molar-refractivity contribution is 6.02. The molecule has 0 aromatic carbocycles. The first-order valence-corrected chi connectivity index (χ1v) is 6.74. The van der Waals surface area contributed by atoms with Gasteiger partial charge in [-0.3, -0.25) is 4.79 Å². The second-order valence-electron chi connectivity index (χ2n) is 4.78. The van der Waals surface area contributed by atoms with Crippen LogP contribution in [0.5, 0.6) is 0 Å². The standard InChI is InChI=1S/C14H21NO7/c1-5-6-9(14(2)21-7-8-22-14)11(16)15-10(12(17)19-3)13(18)20-4/h5,9-10H,1,6-8H2,2-4H3,(H,15,16)/t9-/m0/s1. The van der Waals surface area contributed by atoms with Crippen molar-refractivity contribution in [2.24, 2.45) is 5.92 Å². The Kier molecular flexibility index (Phi) is 6.51. The van der Waals surface area contributed by atoms with Gasteiger partial charge in [0.1, 0.15) is 0 Å². The Hall–Kier alpha value is -1.93. The summed E-state index contributed by atoms with van der Waals surface area (Å²) in [5.74, 6) is -4.35. The summed E-state index contributed by atoms with van der Waals surface area (Å²) in [5, 5.41) is 2.31. The Balaban J connectivity index is 2.90. The largest absolute Gasteiger partial charge is 0.467 e. The Morgan fingerprint density at radius 3 is 2.14 bits per heavy atom. The zero-order chi connectivity index (χ0) is 16.8. The quantitative estimate of drug-likeness (QED) is 0.393. The molecule has 0 saturated carbocycles. The smallest absolute Gasteiger partial charge is 0.340 e. The van der Waals surface area contributed by atoms with Gasteiger partial charge in [0.15, 0.2) is 5.79 Å². The lowest BCUT2D eigenvalue weighted by molar-refractivity contribution is -0.188. The molecule has 1 N–H and O–H groups in total. The number of methoxy groups -OCH3 is 2. The predicted molar refractivity (Wildman–Crippen MR) is 74.6 cm³/mol. The molecule has 0 radical (unpaired) electrons. The van der Waals surface area contributed by atoms with Crippen molar-refractivity contribution >= 4 is 17.8 Å². The van der Waals surface area contributed by atoms with E-state index >= 15 is 0 Å². The average Bonchev–Trinajstić information content (AvgIpc) is 2.95. The van der Waals surface area contributed by atoms with E-state index in [0.717, 1.165) is 14.2 Å². The average molecular weight is 315 g/mol. The summed E-state index contributed by atoms with van der Waals surface area (Å²) >= 11 is 0. The number of nitrogens with one attached hydrogen (secondary N) is 1. The summed E-state index contributed by atoms with van der Waals surface area (Å²) in [4.78, 5) is 35.7. The Morgan fingerprint density at radius 2 is 1.73 bits per heavy atom. The van der Waals surface area contributed by atoms with Gasteiger partial charge in [0.2, 0.25) is 11.9 Å². The number of rotatable bonds is 7. The summed E-state index contributed by atoms with van der Waals surface area (Å²) in [6.45, 7) is 5.93. The molecule has 0 unspecified atom stereocenters. The molecule has 1 heterocycles. The molecule has 22 heavy (non-hydrogen) atoms. The van der Waals surface area contributed by atoms with Crippen molar-refractivity contribution in [1.29, 1.82) is 0 Å². The number of esters is 2. The first kappa shape index (κ1) is 18.1. The second kappa shape index (κ2) is 7.90. The molecule has 8 nitrogen and oxygen atoms in total. The highest BCUT2D eigenvalue weighted by atomic mass is 16.7. The van der Waals surface area contributed by atoms with Gasteiger partial charge in [-0.15, -0.1) is 6.58 Å². The summed E-state index contributed by atoms with van der Waals surface area (Å²) in [7, 11) is 2.21. The fourth-order valence-corrected chi connectivity index (χ4v) is 2.15. The van der Waals surface area contributed by atoms with E-state index in [1.54, 1.807) is 6.92 Å². The summed E-state index contributed by atoms with van der Waals surface area (Å²) in [6.07, 6.45) is 1.78. The Bertz CT molecular complexity index is 426. The third kappa shape index (κ3) is 4.05. The number of hydrogen-bond acceptors (Lipinski definition) is 7. The van der Waals surface area contributed by atoms with Gasteiger partial charge >= 0.3 is 11.9 Å². The van der Waals surface area contributed by atoms with Crippen molar-refractivity contribution in [2.45, 2.75) is 25.2 Å². The van der Waals surface area contributed by atoms with E-state index in [4.69, 9.17) is 9.47 Å². The van der Waals surface area contributed by atoms with Gasteiger partial charge in [-0.1, -0.05) is 6.08 Å². The van der Waals surface area contributed by atoms with Crippen molar-refractivity contribution in [3.63, 3.8) is 0 Å². The minimum Gasteiger partial charge on any atom is -0.467 e. The third-order valence-corrected chi connectivity index (χ3v) is 3.37. The molecule has 1 atom stereocenters. The van der Waals surface area contributed by atoms with E-state index in [0.29, 0.717) is 13.2 Å². The van der Waals surface area contributed by atoms with Crippen LogP contribution in [0.4, 0.5) is 0 Å². The molecule has 0 spiro atoms. The van der Waals surface area contributed by atoms with Gasteiger partial charge in [-0.05, 0) is 13.3 Å². The maximum absolute atomic E-state index is 12.4. The van der Waals surface area contributed by atoms with E-state index in [1.807, 2.05) is 0 Å². The van der Waals surface area contributed by atoms with Crippen LogP contribution >= 0.6 is 0 Å². The minimum atomic E-state index is -1.54. The molecular weight excluding hydrogens is 294 g/mol. The molecule has 1 fully saturated rings. The van der Waals surface area contributed by atoms with Crippen LogP contribution in [0, 0.1) is 5.92 Å². The molecule has 1 saturated heterocycles. The second-order valence-corrected chi connectivity index (χ2v) is 4.78. The lowest BCUT2D eigenvalue weighted by atomic mass is 9.94. The lowest BCUT2D eigenvalue weighted by Gasteiger charge is -2.31. The molecule has 1 amide bonds. The van der Waals surface area contributed by atoms with Gasteiger partial charge in [0, 0.05) is 0 Å². The molecule has 1 aliphatic rings. The summed E-state index contributed by atoms with van der Waals surface area (Å²) < 4.78 is 19.9. The van der Waals surface area contributed by atoms with Crippen molar-refractivity contribution in [2.75, 3.05) is 27.4 Å². The zero-order valence-electron chi connectivity index (χ0n) is 12.9. The fraction of sp³-hybridized carbons (Fsp3) is 0.643. The third-order valence-electron chi connectivity index (χ3n) is 3.37. The van der Waals surface area contributed by atoms with Crippen molar-refractivity contribution < 1.29 is 33.3 Å². The molecule has 0 aromatic heterocycles. The Morgan fingerprint density at radius 1 is 1.23 bits per heavy atom. The molecule has 0 bridgehead atoms. The van der Waals surface area contributed by atoms with Gasteiger partial charge < -0.3 is 24.3 Å². The van der Waals surface area contributed by atoms with E-state index < -0.39 is 35.6 Å². The highest BCUT2D eigenvalue weighted by Crippen LogP contribution is 2.30. The van der Waals surface area contributed by atoms with Gasteiger partial charge in [-0.2, -0.15) is 0 Å². The monoisotopic (exact) mass is 315 g/mol. The maximum Gasteiger partial charge on any atom is 0.340 e. The van der Waals surface area contributed by atoms with Crippen LogP contribution in [-0.4, -0.2) is 57.1 Å². The van der Waals surface area contributed by atoms with Gasteiger partial charge in [0.05, 0.1) is 33.4 Å². The molecular formula is C14H21NO7. The van der Waals surface area contributed by atoms with E-state index in [2.05, 4.69) is 21.4 Å². The predicted octanol–water partition coefficient (Wildman–Crippen LogP) is -0.227. The van der Waals surface area contributed by atoms with Gasteiger partial charge in [0.25, 0.3) is 0 Å². The van der Waals surface area contributed by atoms with Crippen LogP contribution in [-0.2, 0) is 33.3 Å². The topological polar surface area (TPSA) is 100 Å². The number of allylic oxidation sites excluding steroid dienone is 1. The first-order valence-electron chi connectivity index (χ1n) is 6.74. The summed E-state index contributed by atoms with van der Waals surface area (Å²) in [5.41, 5.74) is 0. The van der Waals surface area contributed by atoms with E-state index in [1.165, 1.54) is 6.08 Å². The van der Waals surface area contributed by atoms with Crippen LogP contribution < -0.4 is 5.32 Å². The Labute approximate surface area is 128 Å². The minimum absolute atomic E-state index is 0.247. The number of hydrogen-bond donors (Lipinski definition) is 1. The van der Waals surface area contributed by atoms with Gasteiger partial charge in [-0.25, -0.2) is 9.59 Å². The lowest BCUT2D eigenvalue weighted by Crippen LogP contribution is -2.53. The molecule has 0 aliphatic carbocycles. The van der Waals surface area contributed by atoms with Crippen molar-refractivity contribution in [3.05, 3.63) is 12.7 Å². The zero-order valence-corrected chi connectivity index (χ0v) is 12.9. The van der Waals surface area contributed by atoms with E-state index in [9.17, 15) is 14.4 Å². The van der Waals surface area contributed by atoms with Crippen molar-refractivity contribution in [1.82, 2.24) is 5.32 Å². The van der Waals surface area contributed by atoms with Crippen LogP contribution in [0.15, 0.2) is 12.7 Å². The van der Waals surface area contributed by atoms with Crippen LogP contribution in [0.3, 0.4) is 0 Å². The SMILES string of the molecule is C=CC[C@@H](C(=O)NC(C(=O)OC)C(=O)OC)C1(C)OCCO1. The molecule has 1 aliphatic heterocycles. The molecule has 8 heteroatoms. The molecule has 124 valence electrons. The van der Waals surface area contributed by atoms with Crippen molar-refractivity contribution in [3.8, 4) is 0 Å². The normalized spacial score (nSPS) is 17.6. The maximum atomic E-state index is 12.4. The number of amides is 1. The fourth-order valence-electron chi connectivity index (χ4n) is 2.15. The van der Waals surface area contributed by atoms with Crippen LogP contribution in [0.2, 0.25) is 0 Å². The van der Waals surface area contributed by atoms with Crippen LogP contribution in [0.25, 0.3) is 0 Å². The molecule has 1 rings (SSSR count). The summed E-state index contributed by atoms with van der Waals surface area (Å²) in [6, 6.07) is -1.54. The van der Waals surface area contributed by atoms with Crippen LogP contribution in [0.1, 0.15) is 13.3 Å². The highest BCUT2D eigenvalue weighted by Gasteiger charge is 2.45. The first-order chi connectivity index (χ1) is 10.4. The number of ether oxygens (including phenoxy) is 4. The molecule has 0 aromatic rings. The number of carbonyl (C=O) groups excluding carboxylic acids is 3. The number of carbonyl (C=O) groups is 3. The van der Waals surface area contributed by atoms with E-state index in [-0.39, 0.29) is 6.42 Å².